The van der Waals surface area contributed by atoms with Crippen molar-refractivity contribution in [2.24, 2.45) is 0 Å². The molecule has 1 aliphatic rings. The molecular formula is C38H35F3N4O8. The Morgan fingerprint density at radius 2 is 1.38 bits per heavy atom. The summed E-state index contributed by atoms with van der Waals surface area (Å²) in [7, 11) is 0. The smallest absolute Gasteiger partial charge is 0.416 e. The minimum Gasteiger partial charge on any atom is -0.481 e. The Kier molecular flexibility index (Phi) is 12.9. The van der Waals surface area contributed by atoms with Crippen LogP contribution in [0.4, 0.5) is 24.5 Å². The standard InChI is InChI=1S/C32H27F3N4O.C6H8O7/c33-32(34,35)26-10-8-25(9-11-26)29-6-1-2-7-30(29)31(40)37-27-12-14-28(15-13-27)39-18-16-38(17-19-39)22-24-5-3-4-23(20-24)21-36;7-3(8)1-6(13,5(11)12)2-4(9)10/h1-15,20H,16-19,22H2,(H,37,40);13H,1-2H2,(H,7,8)(H,9,10)(H,11,12). The number of hydrogen-bond acceptors (Lipinski definition) is 8. The van der Waals surface area contributed by atoms with Gasteiger partial charge in [0.15, 0.2) is 5.60 Å². The van der Waals surface area contributed by atoms with Gasteiger partial charge in [-0.05, 0) is 71.3 Å². The molecule has 0 atom stereocenters. The number of amides is 1. The summed E-state index contributed by atoms with van der Waals surface area (Å²) in [5.41, 5.74) is 1.50. The maximum absolute atomic E-state index is 13.1. The minimum absolute atomic E-state index is 0.336. The average Bonchev–Trinajstić information content (AvgIpc) is 3.11. The second-order valence-corrected chi connectivity index (χ2v) is 12.2. The van der Waals surface area contributed by atoms with E-state index in [1.54, 1.807) is 24.3 Å². The van der Waals surface area contributed by atoms with Gasteiger partial charge in [0.1, 0.15) is 0 Å². The summed E-state index contributed by atoms with van der Waals surface area (Å²) in [6.45, 7) is 4.34. The molecule has 5 rings (SSSR count). The lowest BCUT2D eigenvalue weighted by atomic mass is 9.96. The third kappa shape index (κ3) is 11.1. The fourth-order valence-corrected chi connectivity index (χ4v) is 5.60. The van der Waals surface area contributed by atoms with E-state index in [2.05, 4.69) is 21.2 Å². The van der Waals surface area contributed by atoms with Gasteiger partial charge < -0.3 is 30.6 Å². The number of carboxylic acid groups (broad SMARTS) is 3. The number of benzene rings is 4. The molecule has 0 unspecified atom stereocenters. The molecule has 276 valence electrons. The molecule has 1 amide bonds. The van der Waals surface area contributed by atoms with Crippen LogP contribution in [0.1, 0.15) is 39.9 Å². The van der Waals surface area contributed by atoms with Gasteiger partial charge in [0.25, 0.3) is 5.91 Å². The molecule has 0 aliphatic carbocycles. The molecule has 4 aromatic rings. The molecule has 0 radical (unpaired) electrons. The summed E-state index contributed by atoms with van der Waals surface area (Å²) < 4.78 is 38.9. The molecular weight excluding hydrogens is 697 g/mol. The highest BCUT2D eigenvalue weighted by Crippen LogP contribution is 2.32. The van der Waals surface area contributed by atoms with Gasteiger partial charge in [-0.1, -0.05) is 42.5 Å². The number of nitrogens with one attached hydrogen (secondary N) is 1. The number of carbonyl (C=O) groups is 4. The van der Waals surface area contributed by atoms with Crippen molar-refractivity contribution in [2.75, 3.05) is 36.4 Å². The lowest BCUT2D eigenvalue weighted by Gasteiger charge is -2.36. The number of halogens is 3. The predicted molar refractivity (Wildman–Crippen MR) is 187 cm³/mol. The highest BCUT2D eigenvalue weighted by molar-refractivity contribution is 6.08. The topological polar surface area (TPSA) is 191 Å². The first kappa shape index (κ1) is 39.5. The second kappa shape index (κ2) is 17.3. The number of alkyl halides is 3. The molecule has 15 heteroatoms. The van der Waals surface area contributed by atoms with Gasteiger partial charge in [-0.15, -0.1) is 0 Å². The molecule has 0 spiro atoms. The minimum atomic E-state index is -4.42. The van der Waals surface area contributed by atoms with Crippen molar-refractivity contribution < 1.29 is 52.8 Å². The van der Waals surface area contributed by atoms with Crippen molar-refractivity contribution in [2.45, 2.75) is 31.2 Å². The van der Waals surface area contributed by atoms with Crippen LogP contribution in [0.25, 0.3) is 11.1 Å². The summed E-state index contributed by atoms with van der Waals surface area (Å²) in [5, 5.41) is 45.8. The lowest BCUT2D eigenvalue weighted by Crippen LogP contribution is -2.45. The van der Waals surface area contributed by atoms with E-state index < -0.39 is 48.1 Å². The number of hydrogen-bond donors (Lipinski definition) is 5. The first-order chi connectivity index (χ1) is 25.1. The van der Waals surface area contributed by atoms with E-state index in [1.807, 2.05) is 48.5 Å². The van der Waals surface area contributed by atoms with Crippen molar-refractivity contribution in [3.05, 3.63) is 119 Å². The zero-order valence-electron chi connectivity index (χ0n) is 28.1. The van der Waals surface area contributed by atoms with Crippen LogP contribution in [-0.2, 0) is 27.1 Å². The van der Waals surface area contributed by atoms with Crippen LogP contribution in [0.3, 0.4) is 0 Å². The Balaban J connectivity index is 0.000000413. The van der Waals surface area contributed by atoms with Crippen molar-refractivity contribution in [3.8, 4) is 17.2 Å². The molecule has 4 aromatic carbocycles. The number of nitriles is 1. The predicted octanol–water partition coefficient (Wildman–Crippen LogP) is 5.57. The molecule has 5 N–H and O–H groups in total. The largest absolute Gasteiger partial charge is 0.481 e. The summed E-state index contributed by atoms with van der Waals surface area (Å²) in [4.78, 5) is 48.3. The maximum Gasteiger partial charge on any atom is 0.416 e. The second-order valence-electron chi connectivity index (χ2n) is 12.2. The highest BCUT2D eigenvalue weighted by atomic mass is 19.4. The Hall–Kier alpha value is -6.24. The van der Waals surface area contributed by atoms with Crippen LogP contribution in [0.5, 0.6) is 0 Å². The quantitative estimate of drug-likeness (QED) is 0.130. The number of aliphatic carboxylic acids is 3. The van der Waals surface area contributed by atoms with Crippen LogP contribution in [0, 0.1) is 11.3 Å². The van der Waals surface area contributed by atoms with Gasteiger partial charge >= 0.3 is 24.1 Å². The number of piperazine rings is 1. The van der Waals surface area contributed by atoms with E-state index in [0.717, 1.165) is 56.1 Å². The third-order valence-corrected chi connectivity index (χ3v) is 8.31. The molecule has 12 nitrogen and oxygen atoms in total. The highest BCUT2D eigenvalue weighted by Gasteiger charge is 2.40. The van der Waals surface area contributed by atoms with E-state index in [9.17, 15) is 32.3 Å². The van der Waals surface area contributed by atoms with Crippen molar-refractivity contribution >= 4 is 35.2 Å². The number of carbonyl (C=O) groups excluding carboxylic acids is 1. The molecule has 1 saturated heterocycles. The van der Waals surface area contributed by atoms with Crippen LogP contribution in [0.15, 0.2) is 97.1 Å². The van der Waals surface area contributed by atoms with Gasteiger partial charge in [0.05, 0.1) is 30.0 Å². The van der Waals surface area contributed by atoms with Gasteiger partial charge in [0.2, 0.25) is 0 Å². The Morgan fingerprint density at radius 3 is 1.92 bits per heavy atom. The average molecular weight is 733 g/mol. The van der Waals surface area contributed by atoms with Crippen molar-refractivity contribution in [3.63, 3.8) is 0 Å². The van der Waals surface area contributed by atoms with Crippen LogP contribution in [0.2, 0.25) is 0 Å². The normalized spacial score (nSPS) is 13.2. The van der Waals surface area contributed by atoms with Crippen LogP contribution >= 0.6 is 0 Å². The first-order valence-corrected chi connectivity index (χ1v) is 16.1. The van der Waals surface area contributed by atoms with Crippen LogP contribution in [-0.4, -0.2) is 80.9 Å². The Bertz CT molecular complexity index is 1960. The summed E-state index contributed by atoms with van der Waals surface area (Å²) in [6.07, 6.45) is -6.70. The van der Waals surface area contributed by atoms with Gasteiger partial charge in [0, 0.05) is 49.7 Å². The van der Waals surface area contributed by atoms with Crippen LogP contribution < -0.4 is 10.2 Å². The fraction of sp³-hybridized carbons (Fsp3) is 0.237. The molecule has 1 fully saturated rings. The lowest BCUT2D eigenvalue weighted by molar-refractivity contribution is -0.170. The number of nitrogens with zero attached hydrogens (tertiary/aromatic N) is 3. The molecule has 1 heterocycles. The van der Waals surface area contributed by atoms with E-state index in [4.69, 9.17) is 25.7 Å². The maximum atomic E-state index is 13.1. The Morgan fingerprint density at radius 1 is 0.774 bits per heavy atom. The molecule has 0 aromatic heterocycles. The molecule has 0 bridgehead atoms. The zero-order valence-corrected chi connectivity index (χ0v) is 28.1. The van der Waals surface area contributed by atoms with E-state index in [-0.39, 0.29) is 5.91 Å². The number of anilines is 2. The first-order valence-electron chi connectivity index (χ1n) is 16.1. The zero-order chi connectivity index (χ0) is 38.8. The fourth-order valence-electron chi connectivity index (χ4n) is 5.60. The SMILES string of the molecule is N#Cc1cccc(CN2CCN(c3ccc(NC(=O)c4ccccc4-c4ccc(C(F)(F)F)cc4)cc3)CC2)c1.O=C(O)CC(O)(CC(=O)O)C(=O)O. The van der Waals surface area contributed by atoms with Gasteiger partial charge in [-0.25, -0.2) is 4.79 Å². The number of carboxylic acids is 3. The number of rotatable bonds is 11. The van der Waals surface area contributed by atoms with E-state index in [1.165, 1.54) is 12.1 Å². The van der Waals surface area contributed by atoms with E-state index in [0.29, 0.717) is 27.9 Å². The molecule has 53 heavy (non-hydrogen) atoms. The third-order valence-electron chi connectivity index (χ3n) is 8.31. The van der Waals surface area contributed by atoms with Gasteiger partial charge in [-0.2, -0.15) is 18.4 Å². The summed E-state index contributed by atoms with van der Waals surface area (Å²) >= 11 is 0. The van der Waals surface area contributed by atoms with E-state index >= 15 is 0 Å². The Labute approximate surface area is 301 Å². The van der Waals surface area contributed by atoms with Gasteiger partial charge in [-0.3, -0.25) is 19.3 Å². The summed E-state index contributed by atoms with van der Waals surface area (Å²) in [6, 6.07) is 29.2. The monoisotopic (exact) mass is 732 g/mol. The summed E-state index contributed by atoms with van der Waals surface area (Å²) in [5.74, 6) is -5.35. The molecule has 1 aliphatic heterocycles. The number of aliphatic hydroxyl groups is 1. The van der Waals surface area contributed by atoms with Crippen molar-refractivity contribution in [1.82, 2.24) is 4.90 Å². The molecule has 0 saturated carbocycles. The van der Waals surface area contributed by atoms with Crippen molar-refractivity contribution in [1.29, 1.82) is 5.26 Å².